The van der Waals surface area contributed by atoms with Crippen molar-refractivity contribution in [1.82, 2.24) is 0 Å². The summed E-state index contributed by atoms with van der Waals surface area (Å²) in [5, 5.41) is 0. The van der Waals surface area contributed by atoms with Gasteiger partial charge >= 0.3 is 12.3 Å². The summed E-state index contributed by atoms with van der Waals surface area (Å²) < 4.78 is 46.0. The zero-order valence-electron chi connectivity index (χ0n) is 11.0. The van der Waals surface area contributed by atoms with E-state index in [1.807, 2.05) is 0 Å². The van der Waals surface area contributed by atoms with Crippen LogP contribution in [-0.4, -0.2) is 19.4 Å². The number of esters is 1. The van der Waals surface area contributed by atoms with Gasteiger partial charge in [0.25, 0.3) is 0 Å². The lowest BCUT2D eigenvalue weighted by Gasteiger charge is -2.14. The van der Waals surface area contributed by atoms with E-state index in [0.717, 1.165) is 13.2 Å². The molecule has 2 aromatic carbocycles. The van der Waals surface area contributed by atoms with E-state index in [1.54, 1.807) is 30.3 Å². The molecule has 6 heteroatoms. The van der Waals surface area contributed by atoms with Crippen LogP contribution in [0.15, 0.2) is 48.5 Å². The first-order chi connectivity index (χ1) is 9.90. The Kier molecular flexibility index (Phi) is 4.16. The molecule has 0 saturated carbocycles. The molecule has 0 aliphatic rings. The van der Waals surface area contributed by atoms with Crippen LogP contribution in [0, 0.1) is 0 Å². The quantitative estimate of drug-likeness (QED) is 0.802. The first kappa shape index (κ1) is 14.9. The third-order valence-corrected chi connectivity index (χ3v) is 2.71. The number of rotatable bonds is 3. The minimum absolute atomic E-state index is 0.0172. The van der Waals surface area contributed by atoms with Gasteiger partial charge in [-0.25, -0.2) is 4.79 Å². The molecule has 0 amide bonds. The maximum atomic E-state index is 12.5. The van der Waals surface area contributed by atoms with Crippen molar-refractivity contribution < 1.29 is 27.4 Å². The summed E-state index contributed by atoms with van der Waals surface area (Å²) >= 11 is 0. The summed E-state index contributed by atoms with van der Waals surface area (Å²) in [6.07, 6.45) is -4.85. The van der Waals surface area contributed by atoms with Crippen LogP contribution in [0.2, 0.25) is 0 Å². The molecule has 0 N–H and O–H groups in total. The second kappa shape index (κ2) is 5.87. The van der Waals surface area contributed by atoms with Gasteiger partial charge in [-0.1, -0.05) is 30.3 Å². The molecule has 0 heterocycles. The smallest absolute Gasteiger partial charge is 0.465 e. The van der Waals surface area contributed by atoms with E-state index in [-0.39, 0.29) is 11.1 Å². The van der Waals surface area contributed by atoms with E-state index in [9.17, 15) is 18.0 Å². The second-order valence-corrected chi connectivity index (χ2v) is 4.12. The minimum Gasteiger partial charge on any atom is -0.465 e. The third kappa shape index (κ3) is 3.75. The number of carbonyl (C=O) groups excluding carboxylic acids is 1. The SMILES string of the molecule is COC(=O)c1ccc(-c2ccccc2)c(OC(F)(F)F)c1. The van der Waals surface area contributed by atoms with E-state index in [4.69, 9.17) is 0 Å². The molecule has 3 nitrogen and oxygen atoms in total. The van der Waals surface area contributed by atoms with E-state index < -0.39 is 18.1 Å². The molecule has 0 aliphatic carbocycles. The maximum absolute atomic E-state index is 12.5. The number of methoxy groups -OCH3 is 1. The Hall–Kier alpha value is -2.50. The van der Waals surface area contributed by atoms with Crippen molar-refractivity contribution in [3.63, 3.8) is 0 Å². The summed E-state index contributed by atoms with van der Waals surface area (Å²) in [5.41, 5.74) is 0.769. The van der Waals surface area contributed by atoms with Crippen LogP contribution in [0.1, 0.15) is 10.4 Å². The minimum atomic E-state index is -4.85. The van der Waals surface area contributed by atoms with Gasteiger partial charge in [-0.2, -0.15) is 0 Å². The second-order valence-electron chi connectivity index (χ2n) is 4.12. The maximum Gasteiger partial charge on any atom is 0.573 e. The summed E-state index contributed by atoms with van der Waals surface area (Å²) in [6.45, 7) is 0. The van der Waals surface area contributed by atoms with E-state index in [2.05, 4.69) is 9.47 Å². The Balaban J connectivity index is 2.51. The lowest BCUT2D eigenvalue weighted by atomic mass is 10.0. The Bertz CT molecular complexity index is 636. The number of alkyl halides is 3. The zero-order valence-corrected chi connectivity index (χ0v) is 11.0. The predicted molar refractivity (Wildman–Crippen MR) is 69.9 cm³/mol. The van der Waals surface area contributed by atoms with Crippen LogP contribution in [0.4, 0.5) is 13.2 Å². The van der Waals surface area contributed by atoms with Gasteiger partial charge in [0.1, 0.15) is 5.75 Å². The first-order valence-electron chi connectivity index (χ1n) is 5.94. The Morgan fingerprint density at radius 2 is 1.71 bits per heavy atom. The molecule has 0 saturated heterocycles. The molecule has 0 aliphatic heterocycles. The highest BCUT2D eigenvalue weighted by atomic mass is 19.4. The van der Waals surface area contributed by atoms with Crippen LogP contribution in [0.3, 0.4) is 0 Å². The van der Waals surface area contributed by atoms with Gasteiger partial charge in [-0.05, 0) is 23.8 Å². The molecule has 2 aromatic rings. The van der Waals surface area contributed by atoms with Crippen molar-refractivity contribution in [2.75, 3.05) is 7.11 Å². The fourth-order valence-corrected chi connectivity index (χ4v) is 1.83. The van der Waals surface area contributed by atoms with E-state index in [1.165, 1.54) is 12.1 Å². The lowest BCUT2D eigenvalue weighted by molar-refractivity contribution is -0.274. The van der Waals surface area contributed by atoms with E-state index >= 15 is 0 Å². The van der Waals surface area contributed by atoms with Crippen LogP contribution in [-0.2, 0) is 4.74 Å². The van der Waals surface area contributed by atoms with Crippen molar-refractivity contribution in [3.05, 3.63) is 54.1 Å². The number of hydrogen-bond acceptors (Lipinski definition) is 3. The molecule has 110 valence electrons. The van der Waals surface area contributed by atoms with Gasteiger partial charge in [0.2, 0.25) is 0 Å². The van der Waals surface area contributed by atoms with Gasteiger partial charge in [0.05, 0.1) is 12.7 Å². The fourth-order valence-electron chi connectivity index (χ4n) is 1.83. The summed E-state index contributed by atoms with van der Waals surface area (Å²) in [7, 11) is 1.15. The first-order valence-corrected chi connectivity index (χ1v) is 5.94. The van der Waals surface area contributed by atoms with Crippen LogP contribution in [0.25, 0.3) is 11.1 Å². The molecule has 0 fully saturated rings. The van der Waals surface area contributed by atoms with Crippen molar-refractivity contribution >= 4 is 5.97 Å². The molecule has 0 aromatic heterocycles. The molecular formula is C15H11F3O3. The number of carbonyl (C=O) groups is 1. The van der Waals surface area contributed by atoms with Crippen LogP contribution >= 0.6 is 0 Å². The highest BCUT2D eigenvalue weighted by Crippen LogP contribution is 2.34. The van der Waals surface area contributed by atoms with Gasteiger partial charge in [-0.15, -0.1) is 13.2 Å². The highest BCUT2D eigenvalue weighted by molar-refractivity contribution is 5.91. The average molecular weight is 296 g/mol. The van der Waals surface area contributed by atoms with Gasteiger partial charge in [-0.3, -0.25) is 0 Å². The molecule has 21 heavy (non-hydrogen) atoms. The molecule has 0 spiro atoms. The number of hydrogen-bond donors (Lipinski definition) is 0. The van der Waals surface area contributed by atoms with E-state index in [0.29, 0.717) is 5.56 Å². The number of ether oxygens (including phenoxy) is 2. The van der Waals surface area contributed by atoms with Crippen molar-refractivity contribution in [2.45, 2.75) is 6.36 Å². The number of benzene rings is 2. The van der Waals surface area contributed by atoms with Gasteiger partial charge in [0, 0.05) is 5.56 Å². The fraction of sp³-hybridized carbons (Fsp3) is 0.133. The third-order valence-electron chi connectivity index (χ3n) is 2.71. The summed E-state index contributed by atoms with van der Waals surface area (Å²) in [6, 6.07) is 12.2. The Morgan fingerprint density at radius 3 is 2.29 bits per heavy atom. The summed E-state index contributed by atoms with van der Waals surface area (Å²) in [5.74, 6) is -1.18. The average Bonchev–Trinajstić information content (AvgIpc) is 2.45. The predicted octanol–water partition coefficient (Wildman–Crippen LogP) is 4.04. The molecule has 0 radical (unpaired) electrons. The van der Waals surface area contributed by atoms with Crippen LogP contribution < -0.4 is 4.74 Å². The van der Waals surface area contributed by atoms with Crippen molar-refractivity contribution in [1.29, 1.82) is 0 Å². The molecule has 2 rings (SSSR count). The van der Waals surface area contributed by atoms with Crippen LogP contribution in [0.5, 0.6) is 5.75 Å². The zero-order chi connectivity index (χ0) is 15.5. The molecule has 0 atom stereocenters. The topological polar surface area (TPSA) is 35.5 Å². The summed E-state index contributed by atoms with van der Waals surface area (Å²) in [4.78, 5) is 11.4. The molecule has 0 bridgehead atoms. The standard InChI is InChI=1S/C15H11F3O3/c1-20-14(19)11-7-8-12(10-5-3-2-4-6-10)13(9-11)21-15(16,17)18/h2-9H,1H3. The van der Waals surface area contributed by atoms with Crippen molar-refractivity contribution in [2.24, 2.45) is 0 Å². The Morgan fingerprint density at radius 1 is 1.05 bits per heavy atom. The van der Waals surface area contributed by atoms with Gasteiger partial charge in [0.15, 0.2) is 0 Å². The molecule has 0 unspecified atom stereocenters. The monoisotopic (exact) mass is 296 g/mol. The molecular weight excluding hydrogens is 285 g/mol. The largest absolute Gasteiger partial charge is 0.573 e. The number of halogens is 3. The van der Waals surface area contributed by atoms with Crippen molar-refractivity contribution in [3.8, 4) is 16.9 Å². The van der Waals surface area contributed by atoms with Gasteiger partial charge < -0.3 is 9.47 Å². The normalized spacial score (nSPS) is 11.0. The Labute approximate surface area is 118 Å². The lowest BCUT2D eigenvalue weighted by Crippen LogP contribution is -2.18. The highest BCUT2D eigenvalue weighted by Gasteiger charge is 2.32.